The second kappa shape index (κ2) is 6.74. The Morgan fingerprint density at radius 2 is 2.27 bits per heavy atom. The van der Waals surface area contributed by atoms with Crippen LogP contribution in [0.1, 0.15) is 53.1 Å². The number of carbonyl (C=O) groups is 1. The van der Waals surface area contributed by atoms with Crippen LogP contribution in [0.4, 0.5) is 0 Å². The SMILES string of the molecule is CCC(NC(=O)c1cc2c(nc1OC)CCC2)c1cn2cccnc2n1. The molecule has 1 atom stereocenters. The van der Waals surface area contributed by atoms with E-state index in [0.717, 1.165) is 42.6 Å². The summed E-state index contributed by atoms with van der Waals surface area (Å²) in [4.78, 5) is 26.2. The normalized spacial score (nSPS) is 14.2. The third-order valence-electron chi connectivity index (χ3n) is 4.78. The average molecular weight is 351 g/mol. The molecule has 3 aromatic heterocycles. The summed E-state index contributed by atoms with van der Waals surface area (Å²) in [5, 5.41) is 3.06. The van der Waals surface area contributed by atoms with Crippen LogP contribution in [-0.4, -0.2) is 32.4 Å². The predicted molar refractivity (Wildman–Crippen MR) is 96.3 cm³/mol. The molecule has 0 saturated heterocycles. The molecule has 1 N–H and O–H groups in total. The van der Waals surface area contributed by atoms with Gasteiger partial charge in [0.1, 0.15) is 5.56 Å². The fourth-order valence-electron chi connectivity index (χ4n) is 3.41. The second-order valence-corrected chi connectivity index (χ2v) is 6.43. The number of nitrogens with zero attached hydrogens (tertiary/aromatic N) is 4. The highest BCUT2D eigenvalue weighted by atomic mass is 16.5. The van der Waals surface area contributed by atoms with E-state index in [2.05, 4.69) is 20.3 Å². The molecular formula is C19H21N5O2. The summed E-state index contributed by atoms with van der Waals surface area (Å²) < 4.78 is 7.21. The van der Waals surface area contributed by atoms with Gasteiger partial charge in [0, 0.05) is 24.3 Å². The molecule has 0 saturated carbocycles. The van der Waals surface area contributed by atoms with Crippen molar-refractivity contribution in [1.82, 2.24) is 24.7 Å². The van der Waals surface area contributed by atoms with E-state index in [-0.39, 0.29) is 11.9 Å². The largest absolute Gasteiger partial charge is 0.480 e. The number of imidazole rings is 1. The van der Waals surface area contributed by atoms with Crippen molar-refractivity contribution in [3.05, 3.63) is 53.2 Å². The first-order valence-electron chi connectivity index (χ1n) is 8.87. The van der Waals surface area contributed by atoms with Gasteiger partial charge in [0.2, 0.25) is 11.7 Å². The highest BCUT2D eigenvalue weighted by Crippen LogP contribution is 2.27. The lowest BCUT2D eigenvalue weighted by Crippen LogP contribution is -2.29. The van der Waals surface area contributed by atoms with Crippen LogP contribution in [0.25, 0.3) is 5.78 Å². The number of hydrogen-bond donors (Lipinski definition) is 1. The van der Waals surface area contributed by atoms with E-state index < -0.39 is 0 Å². The Morgan fingerprint density at radius 1 is 1.38 bits per heavy atom. The molecule has 0 aliphatic heterocycles. The van der Waals surface area contributed by atoms with Crippen LogP contribution >= 0.6 is 0 Å². The third kappa shape index (κ3) is 2.89. The molecule has 0 aromatic carbocycles. The van der Waals surface area contributed by atoms with Crippen LogP contribution in [0, 0.1) is 0 Å². The van der Waals surface area contributed by atoms with E-state index >= 15 is 0 Å². The van der Waals surface area contributed by atoms with E-state index in [9.17, 15) is 4.79 Å². The Labute approximate surface area is 151 Å². The number of methoxy groups -OCH3 is 1. The van der Waals surface area contributed by atoms with Gasteiger partial charge in [-0.15, -0.1) is 0 Å². The first kappa shape index (κ1) is 16.5. The van der Waals surface area contributed by atoms with Gasteiger partial charge in [-0.1, -0.05) is 6.92 Å². The van der Waals surface area contributed by atoms with Crippen molar-refractivity contribution in [3.63, 3.8) is 0 Å². The number of aryl methyl sites for hydroxylation is 2. The van der Waals surface area contributed by atoms with E-state index in [1.807, 2.05) is 35.9 Å². The van der Waals surface area contributed by atoms with Crippen molar-refractivity contribution < 1.29 is 9.53 Å². The van der Waals surface area contributed by atoms with Gasteiger partial charge in [-0.2, -0.15) is 0 Å². The lowest BCUT2D eigenvalue weighted by molar-refractivity contribution is 0.0931. The Balaban J connectivity index is 1.62. The molecule has 4 rings (SSSR count). The minimum absolute atomic E-state index is 0.194. The predicted octanol–water partition coefficient (Wildman–Crippen LogP) is 2.50. The fourth-order valence-corrected chi connectivity index (χ4v) is 3.41. The zero-order chi connectivity index (χ0) is 18.1. The molecule has 7 heteroatoms. The summed E-state index contributed by atoms with van der Waals surface area (Å²) in [5.41, 5.74) is 3.44. The van der Waals surface area contributed by atoms with Crippen LogP contribution in [-0.2, 0) is 12.8 Å². The number of fused-ring (bicyclic) bond motifs is 2. The molecule has 3 heterocycles. The zero-order valence-corrected chi connectivity index (χ0v) is 14.9. The molecule has 0 radical (unpaired) electrons. The number of nitrogens with one attached hydrogen (secondary N) is 1. The monoisotopic (exact) mass is 351 g/mol. The lowest BCUT2D eigenvalue weighted by Gasteiger charge is -2.16. The van der Waals surface area contributed by atoms with E-state index in [4.69, 9.17) is 4.74 Å². The number of amides is 1. The highest BCUT2D eigenvalue weighted by molar-refractivity contribution is 5.97. The van der Waals surface area contributed by atoms with Crippen molar-refractivity contribution in [2.75, 3.05) is 7.11 Å². The van der Waals surface area contributed by atoms with Gasteiger partial charge in [-0.05, 0) is 43.4 Å². The van der Waals surface area contributed by atoms with Gasteiger partial charge in [0.15, 0.2) is 0 Å². The molecule has 1 amide bonds. The third-order valence-corrected chi connectivity index (χ3v) is 4.78. The Bertz CT molecular complexity index is 933. The number of rotatable bonds is 5. The first-order valence-corrected chi connectivity index (χ1v) is 8.87. The molecule has 1 aliphatic rings. The Kier molecular flexibility index (Phi) is 4.28. The summed E-state index contributed by atoms with van der Waals surface area (Å²) >= 11 is 0. The molecule has 26 heavy (non-hydrogen) atoms. The van der Waals surface area contributed by atoms with Gasteiger partial charge in [-0.25, -0.2) is 15.0 Å². The summed E-state index contributed by atoms with van der Waals surface area (Å²) in [6.07, 6.45) is 9.18. The van der Waals surface area contributed by atoms with Crippen LogP contribution < -0.4 is 10.1 Å². The van der Waals surface area contributed by atoms with Crippen molar-refractivity contribution in [2.24, 2.45) is 0 Å². The van der Waals surface area contributed by atoms with E-state index in [0.29, 0.717) is 17.2 Å². The topological polar surface area (TPSA) is 81.4 Å². The summed E-state index contributed by atoms with van der Waals surface area (Å²) in [5.74, 6) is 0.808. The van der Waals surface area contributed by atoms with Crippen molar-refractivity contribution >= 4 is 11.7 Å². The molecule has 3 aromatic rings. The summed E-state index contributed by atoms with van der Waals surface area (Å²) in [7, 11) is 1.55. The van der Waals surface area contributed by atoms with Gasteiger partial charge in [-0.3, -0.25) is 9.20 Å². The van der Waals surface area contributed by atoms with Crippen LogP contribution in [0.2, 0.25) is 0 Å². The fraction of sp³-hybridized carbons (Fsp3) is 0.368. The maximum atomic E-state index is 12.9. The number of carbonyl (C=O) groups excluding carboxylic acids is 1. The molecule has 0 spiro atoms. The second-order valence-electron chi connectivity index (χ2n) is 6.43. The minimum atomic E-state index is -0.206. The average Bonchev–Trinajstić information content (AvgIpc) is 3.30. The van der Waals surface area contributed by atoms with E-state index in [1.54, 1.807) is 13.3 Å². The van der Waals surface area contributed by atoms with Gasteiger partial charge >= 0.3 is 0 Å². The first-order chi connectivity index (χ1) is 12.7. The van der Waals surface area contributed by atoms with Crippen molar-refractivity contribution in [3.8, 4) is 5.88 Å². The number of hydrogen-bond acceptors (Lipinski definition) is 5. The smallest absolute Gasteiger partial charge is 0.257 e. The molecule has 134 valence electrons. The van der Waals surface area contributed by atoms with Gasteiger partial charge in [0.25, 0.3) is 5.91 Å². The maximum absolute atomic E-state index is 12.9. The van der Waals surface area contributed by atoms with Gasteiger partial charge in [0.05, 0.1) is 18.8 Å². The highest BCUT2D eigenvalue weighted by Gasteiger charge is 2.23. The lowest BCUT2D eigenvalue weighted by atomic mass is 10.1. The maximum Gasteiger partial charge on any atom is 0.257 e. The zero-order valence-electron chi connectivity index (χ0n) is 14.9. The quantitative estimate of drug-likeness (QED) is 0.764. The molecule has 0 bridgehead atoms. The number of aromatic nitrogens is 4. The molecular weight excluding hydrogens is 330 g/mol. The van der Waals surface area contributed by atoms with Gasteiger partial charge < -0.3 is 10.1 Å². The summed E-state index contributed by atoms with van der Waals surface area (Å²) in [6, 6.07) is 3.56. The van der Waals surface area contributed by atoms with E-state index in [1.165, 1.54) is 0 Å². The standard InChI is InChI=1S/C19H21N5O2/c1-3-14(16-11-24-9-5-8-20-19(24)23-16)21-17(25)13-10-12-6-4-7-15(12)22-18(13)26-2/h5,8-11,14H,3-4,6-7H2,1-2H3,(H,21,25). The molecule has 0 fully saturated rings. The number of pyridine rings is 1. The van der Waals surface area contributed by atoms with Crippen LogP contribution in [0.3, 0.4) is 0 Å². The Hall–Kier alpha value is -2.96. The van der Waals surface area contributed by atoms with Crippen LogP contribution in [0.15, 0.2) is 30.7 Å². The van der Waals surface area contributed by atoms with Crippen molar-refractivity contribution in [2.45, 2.75) is 38.6 Å². The number of ether oxygens (including phenoxy) is 1. The Morgan fingerprint density at radius 3 is 3.04 bits per heavy atom. The minimum Gasteiger partial charge on any atom is -0.480 e. The summed E-state index contributed by atoms with van der Waals surface area (Å²) in [6.45, 7) is 2.01. The van der Waals surface area contributed by atoms with Crippen molar-refractivity contribution in [1.29, 1.82) is 0 Å². The molecule has 7 nitrogen and oxygen atoms in total. The van der Waals surface area contributed by atoms with Crippen LogP contribution in [0.5, 0.6) is 5.88 Å². The molecule has 1 unspecified atom stereocenters. The molecule has 1 aliphatic carbocycles.